The molecule has 0 heterocycles. The van der Waals surface area contributed by atoms with E-state index in [0.29, 0.717) is 24.5 Å². The molecule has 0 saturated carbocycles. The fraction of sp³-hybridized carbons (Fsp3) is 0.300. The molecule has 146 valence electrons. The van der Waals surface area contributed by atoms with E-state index in [1.165, 1.54) is 24.3 Å². The Labute approximate surface area is 162 Å². The molecule has 0 saturated heterocycles. The second kappa shape index (κ2) is 9.92. The van der Waals surface area contributed by atoms with E-state index in [4.69, 9.17) is 14.7 Å². The predicted octanol–water partition coefficient (Wildman–Crippen LogP) is 4.30. The summed E-state index contributed by atoms with van der Waals surface area (Å²) < 4.78 is 11.2. The highest BCUT2D eigenvalue weighted by Crippen LogP contribution is 2.38. The third-order valence-corrected chi connectivity index (χ3v) is 3.68. The molecule has 0 aromatic heterocycles. The standard InChI is InChI=1S/C20H21N3O5/c1-3-8-27-18-11-16(17(23(25)26)12-19(18)28-9-4-2)22-20(24)15-7-5-6-14(10-15)13-21/h5-7,10-12H,3-4,8-9H2,1-2H3,(H,22,24). The highest BCUT2D eigenvalue weighted by molar-refractivity contribution is 6.05. The van der Waals surface area contributed by atoms with Gasteiger partial charge in [-0.05, 0) is 31.0 Å². The van der Waals surface area contributed by atoms with E-state index in [-0.39, 0.29) is 22.7 Å². The Balaban J connectivity index is 2.41. The molecular formula is C20H21N3O5. The van der Waals surface area contributed by atoms with Crippen molar-refractivity contribution < 1.29 is 19.2 Å². The number of anilines is 1. The Morgan fingerprint density at radius 2 is 1.79 bits per heavy atom. The number of hydrogen-bond donors (Lipinski definition) is 1. The van der Waals surface area contributed by atoms with Crippen molar-refractivity contribution in [2.24, 2.45) is 0 Å². The molecular weight excluding hydrogens is 362 g/mol. The number of carbonyl (C=O) groups is 1. The van der Waals surface area contributed by atoms with E-state index in [0.717, 1.165) is 12.8 Å². The van der Waals surface area contributed by atoms with Gasteiger partial charge < -0.3 is 14.8 Å². The fourth-order valence-corrected chi connectivity index (χ4v) is 2.37. The summed E-state index contributed by atoms with van der Waals surface area (Å²) in [6.07, 6.45) is 1.47. The Kier molecular flexibility index (Phi) is 7.34. The van der Waals surface area contributed by atoms with Gasteiger partial charge in [-0.2, -0.15) is 5.26 Å². The van der Waals surface area contributed by atoms with Crippen LogP contribution in [0, 0.1) is 21.4 Å². The number of amides is 1. The Morgan fingerprint density at radius 1 is 1.14 bits per heavy atom. The molecule has 0 radical (unpaired) electrons. The van der Waals surface area contributed by atoms with Crippen LogP contribution in [-0.4, -0.2) is 24.0 Å². The van der Waals surface area contributed by atoms with Crippen LogP contribution in [0.25, 0.3) is 0 Å². The number of nitro groups is 1. The Bertz CT molecular complexity index is 905. The molecule has 0 aliphatic rings. The van der Waals surface area contributed by atoms with E-state index < -0.39 is 10.8 Å². The Morgan fingerprint density at radius 3 is 2.36 bits per heavy atom. The molecule has 2 rings (SSSR count). The maximum Gasteiger partial charge on any atom is 0.296 e. The summed E-state index contributed by atoms with van der Waals surface area (Å²) in [4.78, 5) is 23.4. The van der Waals surface area contributed by atoms with Crippen molar-refractivity contribution in [2.75, 3.05) is 18.5 Å². The summed E-state index contributed by atoms with van der Waals surface area (Å²) in [6, 6.07) is 10.7. The smallest absolute Gasteiger partial charge is 0.296 e. The molecule has 2 aromatic rings. The predicted molar refractivity (Wildman–Crippen MR) is 104 cm³/mol. The highest BCUT2D eigenvalue weighted by Gasteiger charge is 2.22. The van der Waals surface area contributed by atoms with Gasteiger partial charge in [0.25, 0.3) is 11.6 Å². The van der Waals surface area contributed by atoms with Crippen LogP contribution >= 0.6 is 0 Å². The van der Waals surface area contributed by atoms with Gasteiger partial charge in [0.15, 0.2) is 11.5 Å². The molecule has 0 aliphatic carbocycles. The molecule has 8 nitrogen and oxygen atoms in total. The normalized spacial score (nSPS) is 10.0. The summed E-state index contributed by atoms with van der Waals surface area (Å²) >= 11 is 0. The number of ether oxygens (including phenoxy) is 2. The molecule has 1 amide bonds. The number of hydrogen-bond acceptors (Lipinski definition) is 6. The molecule has 2 aromatic carbocycles. The number of carbonyl (C=O) groups excluding carboxylic acids is 1. The first-order chi connectivity index (χ1) is 13.5. The zero-order valence-electron chi connectivity index (χ0n) is 15.7. The van der Waals surface area contributed by atoms with Gasteiger partial charge in [0.05, 0.1) is 35.8 Å². The number of nitrogens with zero attached hydrogens (tertiary/aromatic N) is 2. The minimum absolute atomic E-state index is 0.00712. The van der Waals surface area contributed by atoms with Gasteiger partial charge in [0.1, 0.15) is 5.69 Å². The molecule has 0 bridgehead atoms. The SMILES string of the molecule is CCCOc1cc(NC(=O)c2cccc(C#N)c2)c([N+](=O)[O-])cc1OCCC. The summed E-state index contributed by atoms with van der Waals surface area (Å²) in [5, 5.41) is 23.0. The fourth-order valence-electron chi connectivity index (χ4n) is 2.37. The molecule has 8 heteroatoms. The molecule has 1 N–H and O–H groups in total. The average Bonchev–Trinajstić information content (AvgIpc) is 2.70. The molecule has 0 fully saturated rings. The van der Waals surface area contributed by atoms with Crippen LogP contribution in [0.15, 0.2) is 36.4 Å². The van der Waals surface area contributed by atoms with E-state index in [9.17, 15) is 14.9 Å². The van der Waals surface area contributed by atoms with Crippen LogP contribution in [0.3, 0.4) is 0 Å². The van der Waals surface area contributed by atoms with Gasteiger partial charge in [-0.1, -0.05) is 19.9 Å². The van der Waals surface area contributed by atoms with Gasteiger partial charge in [0.2, 0.25) is 0 Å². The lowest BCUT2D eigenvalue weighted by Crippen LogP contribution is -2.14. The van der Waals surface area contributed by atoms with Gasteiger partial charge >= 0.3 is 0 Å². The van der Waals surface area contributed by atoms with Crippen molar-refractivity contribution in [1.29, 1.82) is 5.26 Å². The van der Waals surface area contributed by atoms with E-state index >= 15 is 0 Å². The highest BCUT2D eigenvalue weighted by atomic mass is 16.6. The quantitative estimate of drug-likeness (QED) is 0.510. The van der Waals surface area contributed by atoms with Crippen molar-refractivity contribution >= 4 is 17.3 Å². The van der Waals surface area contributed by atoms with Gasteiger partial charge in [-0.3, -0.25) is 14.9 Å². The van der Waals surface area contributed by atoms with Crippen LogP contribution in [-0.2, 0) is 0 Å². The second-order valence-corrected chi connectivity index (χ2v) is 5.92. The molecule has 0 unspecified atom stereocenters. The number of nitrogens with one attached hydrogen (secondary N) is 1. The van der Waals surface area contributed by atoms with Gasteiger partial charge in [-0.25, -0.2) is 0 Å². The van der Waals surface area contributed by atoms with Gasteiger partial charge in [0, 0.05) is 11.6 Å². The largest absolute Gasteiger partial charge is 0.490 e. The van der Waals surface area contributed by atoms with Crippen LogP contribution in [0.5, 0.6) is 11.5 Å². The first-order valence-corrected chi connectivity index (χ1v) is 8.89. The van der Waals surface area contributed by atoms with E-state index in [2.05, 4.69) is 5.32 Å². The first kappa shape index (κ1) is 20.7. The van der Waals surface area contributed by atoms with Crippen molar-refractivity contribution in [3.63, 3.8) is 0 Å². The lowest BCUT2D eigenvalue weighted by atomic mass is 10.1. The number of benzene rings is 2. The van der Waals surface area contributed by atoms with Crippen molar-refractivity contribution in [3.8, 4) is 17.6 Å². The van der Waals surface area contributed by atoms with Crippen LogP contribution < -0.4 is 14.8 Å². The minimum Gasteiger partial charge on any atom is -0.490 e. The lowest BCUT2D eigenvalue weighted by Gasteiger charge is -2.14. The van der Waals surface area contributed by atoms with Crippen molar-refractivity contribution in [1.82, 2.24) is 0 Å². The van der Waals surface area contributed by atoms with E-state index in [1.54, 1.807) is 12.1 Å². The van der Waals surface area contributed by atoms with Crippen molar-refractivity contribution in [2.45, 2.75) is 26.7 Å². The first-order valence-electron chi connectivity index (χ1n) is 8.89. The third-order valence-electron chi connectivity index (χ3n) is 3.68. The van der Waals surface area contributed by atoms with Crippen LogP contribution in [0.4, 0.5) is 11.4 Å². The monoisotopic (exact) mass is 383 g/mol. The van der Waals surface area contributed by atoms with Crippen molar-refractivity contribution in [3.05, 3.63) is 57.6 Å². The summed E-state index contributed by atoms with van der Waals surface area (Å²) in [5.74, 6) is 0.0114. The van der Waals surface area contributed by atoms with Gasteiger partial charge in [-0.15, -0.1) is 0 Å². The average molecular weight is 383 g/mol. The maximum absolute atomic E-state index is 12.5. The molecule has 28 heavy (non-hydrogen) atoms. The second-order valence-electron chi connectivity index (χ2n) is 5.92. The molecule has 0 aliphatic heterocycles. The Hall–Kier alpha value is -3.60. The number of nitriles is 1. The summed E-state index contributed by atoms with van der Waals surface area (Å²) in [6.45, 7) is 4.64. The zero-order chi connectivity index (χ0) is 20.5. The van der Waals surface area contributed by atoms with Crippen LogP contribution in [0.1, 0.15) is 42.6 Å². The third kappa shape index (κ3) is 5.20. The van der Waals surface area contributed by atoms with E-state index in [1.807, 2.05) is 19.9 Å². The minimum atomic E-state index is -0.594. The molecule has 0 spiro atoms. The van der Waals surface area contributed by atoms with Crippen LogP contribution in [0.2, 0.25) is 0 Å². The maximum atomic E-state index is 12.5. The topological polar surface area (TPSA) is 114 Å². The number of nitro benzene ring substituents is 1. The summed E-state index contributed by atoms with van der Waals surface area (Å²) in [7, 11) is 0. The summed E-state index contributed by atoms with van der Waals surface area (Å²) in [5.41, 5.74) is 0.222. The number of rotatable bonds is 9. The zero-order valence-corrected chi connectivity index (χ0v) is 15.7. The lowest BCUT2D eigenvalue weighted by molar-refractivity contribution is -0.384. The molecule has 0 atom stereocenters.